The maximum atomic E-state index is 13.0. The maximum absolute atomic E-state index is 13.0. The van der Waals surface area contributed by atoms with Gasteiger partial charge in [0.2, 0.25) is 0 Å². The minimum absolute atomic E-state index is 0.0699. The van der Waals surface area contributed by atoms with Crippen LogP contribution < -0.4 is 15.5 Å². The summed E-state index contributed by atoms with van der Waals surface area (Å²) in [7, 11) is 1.76. The third kappa shape index (κ3) is 3.95. The number of fused-ring (bicyclic) bond motifs is 2. The van der Waals surface area contributed by atoms with Crippen molar-refractivity contribution in [2.45, 2.75) is 18.9 Å². The second-order valence-electron chi connectivity index (χ2n) is 7.63. The molecule has 2 amide bonds. The predicted octanol–water partition coefficient (Wildman–Crippen LogP) is 0.194. The van der Waals surface area contributed by atoms with Gasteiger partial charge in [0.05, 0.1) is 18.3 Å². The van der Waals surface area contributed by atoms with Gasteiger partial charge in [-0.3, -0.25) is 19.2 Å². The monoisotopic (exact) mass is 392 g/mol. The number of carbonyl (C=O) groups excluding carboxylic acids is 4. The fraction of sp³-hybridized carbons (Fsp3) is 0.273. The van der Waals surface area contributed by atoms with Gasteiger partial charge in [-0.05, 0) is 18.9 Å². The molecule has 29 heavy (non-hydrogen) atoms. The molecule has 2 aliphatic rings. The molecule has 0 aromatic heterocycles. The van der Waals surface area contributed by atoms with Gasteiger partial charge in [0.15, 0.2) is 24.7 Å². The number of nitrogens with one attached hydrogen (secondary N) is 3. The molecule has 0 spiro atoms. The molecule has 0 heterocycles. The molecule has 2 aromatic rings. The molecule has 1 saturated carbocycles. The summed E-state index contributed by atoms with van der Waals surface area (Å²) in [6.07, 6.45) is 2.03. The second-order valence-corrected chi connectivity index (χ2v) is 7.63. The van der Waals surface area contributed by atoms with Crippen molar-refractivity contribution in [2.75, 3.05) is 25.5 Å². The van der Waals surface area contributed by atoms with Gasteiger partial charge in [0.1, 0.15) is 0 Å². The van der Waals surface area contributed by atoms with Crippen LogP contribution in [0.4, 0.5) is 5.69 Å². The van der Waals surface area contributed by atoms with Crippen LogP contribution in [0.2, 0.25) is 0 Å². The largest absolute Gasteiger partial charge is 0.348 e. The minimum atomic E-state index is -0.325. The average Bonchev–Trinajstić information content (AvgIpc) is 3.49. The molecule has 148 valence electrons. The topological polar surface area (TPSA) is 96.8 Å². The number of anilines is 1. The van der Waals surface area contributed by atoms with E-state index in [2.05, 4.69) is 10.6 Å². The second kappa shape index (κ2) is 7.60. The summed E-state index contributed by atoms with van der Waals surface area (Å²) >= 11 is 0. The third-order valence-electron chi connectivity index (χ3n) is 5.09. The SMILES string of the molecule is C[NH+](CC(=O)Nc1cccc2c1C(=O)c1ccccc1C2=O)CC(=O)NC1CC1. The number of carbonyl (C=O) groups is 4. The molecule has 0 aliphatic heterocycles. The molecule has 0 radical (unpaired) electrons. The highest BCUT2D eigenvalue weighted by molar-refractivity contribution is 6.30. The zero-order valence-corrected chi connectivity index (χ0v) is 16.1. The minimum Gasteiger partial charge on any atom is -0.348 e. The van der Waals surface area contributed by atoms with E-state index in [0.717, 1.165) is 17.7 Å². The molecule has 0 saturated heterocycles. The van der Waals surface area contributed by atoms with E-state index in [1.807, 2.05) is 0 Å². The molecule has 2 aromatic carbocycles. The first-order chi connectivity index (χ1) is 13.9. The number of hydrogen-bond acceptors (Lipinski definition) is 4. The Morgan fingerprint density at radius 2 is 1.52 bits per heavy atom. The number of rotatable bonds is 6. The summed E-state index contributed by atoms with van der Waals surface area (Å²) < 4.78 is 0. The molecule has 3 N–H and O–H groups in total. The number of hydrogen-bond donors (Lipinski definition) is 3. The van der Waals surface area contributed by atoms with Crippen molar-refractivity contribution in [2.24, 2.45) is 0 Å². The highest BCUT2D eigenvalue weighted by Crippen LogP contribution is 2.31. The number of quaternary nitrogens is 1. The first-order valence-corrected chi connectivity index (χ1v) is 9.66. The fourth-order valence-corrected chi connectivity index (χ4v) is 3.56. The number of likely N-dealkylation sites (N-methyl/N-ethyl adjacent to an activating group) is 1. The Bertz CT molecular complexity index is 1030. The summed E-state index contributed by atoms with van der Waals surface area (Å²) in [5.41, 5.74) is 1.53. The quantitative estimate of drug-likeness (QED) is 0.558. The smallest absolute Gasteiger partial charge is 0.279 e. The predicted molar refractivity (Wildman–Crippen MR) is 106 cm³/mol. The van der Waals surface area contributed by atoms with Gasteiger partial charge >= 0.3 is 0 Å². The molecule has 4 rings (SSSR count). The van der Waals surface area contributed by atoms with Gasteiger partial charge in [-0.25, -0.2) is 0 Å². The summed E-state index contributed by atoms with van der Waals surface area (Å²) in [6.45, 7) is 0.266. The molecule has 1 unspecified atom stereocenters. The lowest BCUT2D eigenvalue weighted by molar-refractivity contribution is -0.862. The Labute approximate surface area is 168 Å². The summed E-state index contributed by atoms with van der Waals surface area (Å²) in [5.74, 6) is -0.914. The van der Waals surface area contributed by atoms with Crippen molar-refractivity contribution in [3.05, 3.63) is 64.7 Å². The molecular formula is C22H22N3O4+. The van der Waals surface area contributed by atoms with Crippen molar-refractivity contribution in [3.63, 3.8) is 0 Å². The van der Waals surface area contributed by atoms with Crippen LogP contribution in [-0.4, -0.2) is 49.6 Å². The normalized spacial score (nSPS) is 15.9. The maximum Gasteiger partial charge on any atom is 0.279 e. The zero-order chi connectivity index (χ0) is 20.5. The Hall–Kier alpha value is -3.32. The number of ketones is 2. The van der Waals surface area contributed by atoms with E-state index in [1.165, 1.54) is 0 Å². The molecular weight excluding hydrogens is 370 g/mol. The molecule has 7 nitrogen and oxygen atoms in total. The van der Waals surface area contributed by atoms with Gasteiger partial charge in [0, 0.05) is 22.7 Å². The van der Waals surface area contributed by atoms with Crippen LogP contribution in [-0.2, 0) is 9.59 Å². The molecule has 7 heteroatoms. The lowest BCUT2D eigenvalue weighted by atomic mass is 9.83. The standard InChI is InChI=1S/C22H21N3O4/c1-25(11-18(26)23-13-9-10-13)12-19(27)24-17-8-4-7-16-20(17)22(29)15-6-3-2-5-14(15)21(16)28/h2-8,13H,9-12H2,1H3,(H,23,26)(H,24,27)/p+1. The van der Waals surface area contributed by atoms with Crippen molar-refractivity contribution >= 4 is 29.1 Å². The molecule has 2 aliphatic carbocycles. The van der Waals surface area contributed by atoms with Gasteiger partial charge < -0.3 is 15.5 Å². The van der Waals surface area contributed by atoms with Gasteiger partial charge in [-0.15, -0.1) is 0 Å². The third-order valence-corrected chi connectivity index (χ3v) is 5.09. The van der Waals surface area contributed by atoms with Gasteiger partial charge in [-0.1, -0.05) is 36.4 Å². The van der Waals surface area contributed by atoms with Crippen molar-refractivity contribution in [3.8, 4) is 0 Å². The van der Waals surface area contributed by atoms with E-state index in [4.69, 9.17) is 0 Å². The lowest BCUT2D eigenvalue weighted by Crippen LogP contribution is -3.11. The van der Waals surface area contributed by atoms with Crippen LogP contribution in [0.15, 0.2) is 42.5 Å². The van der Waals surface area contributed by atoms with Crippen molar-refractivity contribution in [1.82, 2.24) is 5.32 Å². The van der Waals surface area contributed by atoms with Crippen LogP contribution in [0, 0.1) is 0 Å². The van der Waals surface area contributed by atoms with E-state index < -0.39 is 0 Å². The van der Waals surface area contributed by atoms with E-state index in [1.54, 1.807) is 49.5 Å². The van der Waals surface area contributed by atoms with Crippen LogP contribution in [0.5, 0.6) is 0 Å². The number of benzene rings is 2. The van der Waals surface area contributed by atoms with Gasteiger partial charge in [-0.2, -0.15) is 0 Å². The fourth-order valence-electron chi connectivity index (χ4n) is 3.56. The van der Waals surface area contributed by atoms with E-state index >= 15 is 0 Å². The lowest BCUT2D eigenvalue weighted by Gasteiger charge is -2.20. The van der Waals surface area contributed by atoms with E-state index in [9.17, 15) is 19.2 Å². The van der Waals surface area contributed by atoms with E-state index in [0.29, 0.717) is 16.8 Å². The highest BCUT2D eigenvalue weighted by Gasteiger charge is 2.32. The van der Waals surface area contributed by atoms with Gasteiger partial charge in [0.25, 0.3) is 11.8 Å². The Kier molecular flexibility index (Phi) is 4.98. The van der Waals surface area contributed by atoms with Crippen LogP contribution >= 0.6 is 0 Å². The Morgan fingerprint density at radius 3 is 2.21 bits per heavy atom. The molecule has 1 atom stereocenters. The Morgan fingerprint density at radius 1 is 0.897 bits per heavy atom. The first kappa shape index (κ1) is 19.0. The van der Waals surface area contributed by atoms with Crippen molar-refractivity contribution in [1.29, 1.82) is 0 Å². The summed E-state index contributed by atoms with van der Waals surface area (Å²) in [4.78, 5) is 50.9. The zero-order valence-electron chi connectivity index (χ0n) is 16.1. The summed E-state index contributed by atoms with van der Waals surface area (Å²) in [6, 6.07) is 11.8. The van der Waals surface area contributed by atoms with Crippen LogP contribution in [0.1, 0.15) is 44.7 Å². The summed E-state index contributed by atoms with van der Waals surface area (Å²) in [5, 5.41) is 5.64. The van der Waals surface area contributed by atoms with Crippen molar-refractivity contribution < 1.29 is 24.1 Å². The number of amides is 2. The molecule has 0 bridgehead atoms. The Balaban J connectivity index is 1.48. The first-order valence-electron chi connectivity index (χ1n) is 9.66. The van der Waals surface area contributed by atoms with Crippen LogP contribution in [0.3, 0.4) is 0 Å². The molecule has 1 fully saturated rings. The van der Waals surface area contributed by atoms with E-state index in [-0.39, 0.29) is 53.6 Å². The van der Waals surface area contributed by atoms with Crippen LogP contribution in [0.25, 0.3) is 0 Å². The highest BCUT2D eigenvalue weighted by atomic mass is 16.2. The average molecular weight is 392 g/mol.